The molecule has 3 aliphatic rings. The summed E-state index contributed by atoms with van der Waals surface area (Å²) in [6.45, 7) is 7.63. The van der Waals surface area contributed by atoms with Crippen molar-refractivity contribution in [2.75, 3.05) is 19.6 Å². The maximum Gasteiger partial charge on any atom is 0.326 e. The first kappa shape index (κ1) is 18.5. The van der Waals surface area contributed by atoms with Crippen LogP contribution < -0.4 is 0 Å². The van der Waals surface area contributed by atoms with Crippen molar-refractivity contribution in [1.82, 2.24) is 19.4 Å². The average molecular weight is 374 g/mol. The number of carbonyl (C=O) groups is 2. The quantitative estimate of drug-likeness (QED) is 0.854. The molecule has 1 N–H and O–H groups in total. The van der Waals surface area contributed by atoms with E-state index in [1.54, 1.807) is 4.90 Å². The van der Waals surface area contributed by atoms with Crippen molar-refractivity contribution in [2.45, 2.75) is 64.6 Å². The van der Waals surface area contributed by atoms with Gasteiger partial charge in [0, 0.05) is 30.9 Å². The molecule has 27 heavy (non-hydrogen) atoms. The number of carboxylic acid groups (broad SMARTS) is 1. The summed E-state index contributed by atoms with van der Waals surface area (Å²) >= 11 is 0. The van der Waals surface area contributed by atoms with Gasteiger partial charge in [0.1, 0.15) is 11.9 Å². The summed E-state index contributed by atoms with van der Waals surface area (Å²) in [4.78, 5) is 32.9. The van der Waals surface area contributed by atoms with Gasteiger partial charge in [-0.2, -0.15) is 0 Å². The molecular weight excluding hydrogens is 344 g/mol. The highest BCUT2D eigenvalue weighted by atomic mass is 16.4. The van der Waals surface area contributed by atoms with Crippen LogP contribution in [0.1, 0.15) is 57.8 Å². The predicted molar refractivity (Wildman–Crippen MR) is 100 cm³/mol. The average Bonchev–Trinajstić information content (AvgIpc) is 3.26. The van der Waals surface area contributed by atoms with Crippen LogP contribution >= 0.6 is 0 Å². The molecule has 1 amide bonds. The first-order valence-corrected chi connectivity index (χ1v) is 10.2. The van der Waals surface area contributed by atoms with E-state index < -0.39 is 12.0 Å². The van der Waals surface area contributed by atoms with Crippen LogP contribution in [0.25, 0.3) is 0 Å². The number of carbonyl (C=O) groups excluding carboxylic acids is 1. The minimum absolute atomic E-state index is 0.0302. The molecule has 4 rings (SSSR count). The third-order valence-electron chi connectivity index (χ3n) is 6.59. The Morgan fingerprint density at radius 3 is 2.59 bits per heavy atom. The van der Waals surface area contributed by atoms with Crippen LogP contribution in [0, 0.1) is 11.3 Å². The van der Waals surface area contributed by atoms with Gasteiger partial charge in [0.25, 0.3) is 0 Å². The molecule has 1 saturated carbocycles. The van der Waals surface area contributed by atoms with Gasteiger partial charge in [-0.15, -0.1) is 0 Å². The predicted octanol–water partition coefficient (Wildman–Crippen LogP) is 2.14. The Morgan fingerprint density at radius 2 is 2.00 bits per heavy atom. The Bertz CT molecular complexity index is 717. The van der Waals surface area contributed by atoms with Crippen LogP contribution in [0.3, 0.4) is 0 Å². The molecular formula is C20H30N4O3. The molecule has 0 radical (unpaired) electrons. The molecule has 0 bridgehead atoms. The minimum Gasteiger partial charge on any atom is -0.480 e. The molecule has 2 aliphatic heterocycles. The lowest BCUT2D eigenvalue weighted by Crippen LogP contribution is -2.43. The summed E-state index contributed by atoms with van der Waals surface area (Å²) in [5, 5.41) is 9.64. The van der Waals surface area contributed by atoms with E-state index in [0.717, 1.165) is 51.1 Å². The Balaban J connectivity index is 1.40. The number of piperidine rings is 1. The second-order valence-electron chi connectivity index (χ2n) is 8.92. The molecule has 0 aromatic carbocycles. The summed E-state index contributed by atoms with van der Waals surface area (Å²) in [5.41, 5.74) is -0.0302. The van der Waals surface area contributed by atoms with Crippen molar-refractivity contribution >= 4 is 11.9 Å². The van der Waals surface area contributed by atoms with E-state index in [9.17, 15) is 14.7 Å². The fourth-order valence-electron chi connectivity index (χ4n) is 4.76. The molecule has 0 unspecified atom stereocenters. The van der Waals surface area contributed by atoms with Crippen LogP contribution in [0.4, 0.5) is 0 Å². The first-order valence-electron chi connectivity index (χ1n) is 10.2. The van der Waals surface area contributed by atoms with E-state index >= 15 is 0 Å². The van der Waals surface area contributed by atoms with Crippen LogP contribution in [0.15, 0.2) is 12.4 Å². The molecule has 3 heterocycles. The Kier molecular flexibility index (Phi) is 4.74. The molecule has 2 saturated heterocycles. The summed E-state index contributed by atoms with van der Waals surface area (Å²) in [5.74, 6) is 0.390. The minimum atomic E-state index is -0.845. The summed E-state index contributed by atoms with van der Waals surface area (Å²) < 4.78 is 2.20. The zero-order valence-electron chi connectivity index (χ0n) is 16.3. The fourth-order valence-corrected chi connectivity index (χ4v) is 4.76. The summed E-state index contributed by atoms with van der Waals surface area (Å²) in [7, 11) is 0. The molecule has 1 aliphatic carbocycles. The van der Waals surface area contributed by atoms with Crippen molar-refractivity contribution in [3.63, 3.8) is 0 Å². The van der Waals surface area contributed by atoms with Crippen molar-refractivity contribution in [1.29, 1.82) is 0 Å². The highest BCUT2D eigenvalue weighted by molar-refractivity contribution is 5.87. The van der Waals surface area contributed by atoms with Gasteiger partial charge in [0.05, 0.1) is 6.54 Å². The lowest BCUT2D eigenvalue weighted by molar-refractivity contribution is -0.148. The van der Waals surface area contributed by atoms with Crippen molar-refractivity contribution in [3.8, 4) is 0 Å². The summed E-state index contributed by atoms with van der Waals surface area (Å²) in [6, 6.07) is -0.240. The molecule has 1 aromatic heterocycles. The van der Waals surface area contributed by atoms with Gasteiger partial charge in [0.15, 0.2) is 0 Å². The Hall–Kier alpha value is -1.89. The number of rotatable bonds is 5. The van der Waals surface area contributed by atoms with E-state index in [1.165, 1.54) is 0 Å². The van der Waals surface area contributed by atoms with E-state index in [4.69, 9.17) is 0 Å². The lowest BCUT2D eigenvalue weighted by Gasteiger charge is -2.39. The molecule has 1 atom stereocenters. The van der Waals surface area contributed by atoms with Gasteiger partial charge >= 0.3 is 5.97 Å². The standard InChI is InChI=1S/C20H30N4O3/c1-14(2)23-10-7-21-17(23)12-22-8-5-20(6-9-22)11-16(19(26)27)24(13-20)18(25)15-3-4-15/h7,10,14-16H,3-6,8-9,11-13H2,1-2H3,(H,26,27)/t16-/m0/s1. The van der Waals surface area contributed by atoms with Crippen LogP contribution in [-0.4, -0.2) is 62.0 Å². The Morgan fingerprint density at radius 1 is 1.30 bits per heavy atom. The highest BCUT2D eigenvalue weighted by Gasteiger charge is 2.51. The highest BCUT2D eigenvalue weighted by Crippen LogP contribution is 2.45. The maximum atomic E-state index is 12.6. The zero-order valence-corrected chi connectivity index (χ0v) is 16.3. The Labute approximate surface area is 160 Å². The van der Waals surface area contributed by atoms with Gasteiger partial charge in [-0.3, -0.25) is 9.69 Å². The third kappa shape index (κ3) is 3.61. The monoisotopic (exact) mass is 374 g/mol. The molecule has 1 aromatic rings. The van der Waals surface area contributed by atoms with Gasteiger partial charge < -0.3 is 14.6 Å². The van der Waals surface area contributed by atoms with Crippen molar-refractivity contribution < 1.29 is 14.7 Å². The molecule has 1 spiro atoms. The lowest BCUT2D eigenvalue weighted by atomic mass is 9.76. The smallest absolute Gasteiger partial charge is 0.326 e. The fraction of sp³-hybridized carbons (Fsp3) is 0.750. The SMILES string of the molecule is CC(C)n1ccnc1CN1CCC2(CC1)C[C@@H](C(=O)O)N(C(=O)C1CC1)C2. The zero-order chi connectivity index (χ0) is 19.2. The summed E-state index contributed by atoms with van der Waals surface area (Å²) in [6.07, 6.45) is 8.24. The number of likely N-dealkylation sites (tertiary alicyclic amines) is 2. The molecule has 148 valence electrons. The largest absolute Gasteiger partial charge is 0.480 e. The second-order valence-corrected chi connectivity index (χ2v) is 8.92. The normalized spacial score (nSPS) is 25.4. The van der Waals surface area contributed by atoms with Crippen molar-refractivity contribution in [3.05, 3.63) is 18.2 Å². The number of nitrogens with zero attached hydrogens (tertiary/aromatic N) is 4. The van der Waals surface area contributed by atoms with E-state index in [2.05, 4.69) is 28.3 Å². The van der Waals surface area contributed by atoms with E-state index in [0.29, 0.717) is 19.0 Å². The van der Waals surface area contributed by atoms with Gasteiger partial charge in [-0.25, -0.2) is 9.78 Å². The molecule has 7 nitrogen and oxygen atoms in total. The van der Waals surface area contributed by atoms with Crippen LogP contribution in [0.2, 0.25) is 0 Å². The number of amides is 1. The number of imidazole rings is 1. The van der Waals surface area contributed by atoms with E-state index in [1.807, 2.05) is 12.4 Å². The number of hydrogen-bond acceptors (Lipinski definition) is 4. The molecule has 7 heteroatoms. The van der Waals surface area contributed by atoms with Crippen LogP contribution in [-0.2, 0) is 16.1 Å². The van der Waals surface area contributed by atoms with Crippen LogP contribution in [0.5, 0.6) is 0 Å². The van der Waals surface area contributed by atoms with Crippen molar-refractivity contribution in [2.24, 2.45) is 11.3 Å². The third-order valence-corrected chi connectivity index (χ3v) is 6.59. The number of aromatic nitrogens is 2. The first-order chi connectivity index (χ1) is 12.9. The van der Waals surface area contributed by atoms with Gasteiger partial charge in [-0.1, -0.05) is 0 Å². The maximum absolute atomic E-state index is 12.6. The van der Waals surface area contributed by atoms with E-state index in [-0.39, 0.29) is 17.2 Å². The van der Waals surface area contributed by atoms with Gasteiger partial charge in [0.2, 0.25) is 5.91 Å². The number of hydrogen-bond donors (Lipinski definition) is 1. The van der Waals surface area contributed by atoms with Gasteiger partial charge in [-0.05, 0) is 64.5 Å². The number of aliphatic carboxylic acids is 1. The second kappa shape index (κ2) is 6.93. The topological polar surface area (TPSA) is 78.7 Å². The molecule has 3 fully saturated rings. The number of carboxylic acids is 1.